The van der Waals surface area contributed by atoms with E-state index in [0.29, 0.717) is 17.4 Å². The molecule has 1 nitrogen and oxygen atoms in total. The van der Waals surface area contributed by atoms with Gasteiger partial charge < -0.3 is 5.11 Å². The molecule has 1 heteroatoms. The molecular formula is C15H26O. The van der Waals surface area contributed by atoms with Gasteiger partial charge in [-0.3, -0.25) is 0 Å². The minimum atomic E-state index is 0.340. The first-order valence-corrected chi connectivity index (χ1v) is 6.75. The molecule has 0 fully saturated rings. The van der Waals surface area contributed by atoms with Gasteiger partial charge in [-0.1, -0.05) is 38.8 Å². The number of hydrogen-bond donors (Lipinski definition) is 1. The molecule has 2 aliphatic rings. The summed E-state index contributed by atoms with van der Waals surface area (Å²) >= 11 is 0. The van der Waals surface area contributed by atoms with Gasteiger partial charge in [-0.25, -0.2) is 0 Å². The Morgan fingerprint density at radius 3 is 2.62 bits per heavy atom. The Morgan fingerprint density at radius 1 is 1.31 bits per heavy atom. The fraction of sp³-hybridized carbons (Fsp3) is 0.867. The molecule has 0 aromatic heterocycles. The van der Waals surface area contributed by atoms with Crippen molar-refractivity contribution < 1.29 is 5.11 Å². The number of hydrogen-bond acceptors (Lipinski definition) is 1. The van der Waals surface area contributed by atoms with Crippen molar-refractivity contribution in [3.05, 3.63) is 11.1 Å². The summed E-state index contributed by atoms with van der Waals surface area (Å²) in [6.45, 7) is 9.97. The lowest BCUT2D eigenvalue weighted by Crippen LogP contribution is -2.23. The second kappa shape index (κ2) is 3.87. The van der Waals surface area contributed by atoms with Gasteiger partial charge in [-0.15, -0.1) is 0 Å². The van der Waals surface area contributed by atoms with Crippen molar-refractivity contribution in [2.75, 3.05) is 6.61 Å². The van der Waals surface area contributed by atoms with Crippen LogP contribution in [0.5, 0.6) is 0 Å². The molecule has 0 aromatic carbocycles. The van der Waals surface area contributed by atoms with Crippen LogP contribution in [0.2, 0.25) is 0 Å². The first kappa shape index (κ1) is 12.2. The first-order valence-electron chi connectivity index (χ1n) is 6.75. The normalized spacial score (nSPS) is 36.9. The van der Waals surface area contributed by atoms with Crippen molar-refractivity contribution >= 4 is 0 Å². The maximum atomic E-state index is 9.06. The molecule has 0 radical (unpaired) electrons. The Bertz CT molecular complexity index is 313. The van der Waals surface area contributed by atoms with E-state index in [-0.39, 0.29) is 0 Å². The summed E-state index contributed by atoms with van der Waals surface area (Å²) in [5.74, 6) is 0.778. The van der Waals surface area contributed by atoms with Crippen molar-refractivity contribution in [2.45, 2.75) is 59.8 Å². The summed E-state index contributed by atoms with van der Waals surface area (Å²) in [6.07, 6.45) is 6.07. The van der Waals surface area contributed by atoms with Crippen molar-refractivity contribution in [3.8, 4) is 0 Å². The van der Waals surface area contributed by atoms with Crippen molar-refractivity contribution in [1.29, 1.82) is 0 Å². The van der Waals surface area contributed by atoms with Crippen LogP contribution in [0.3, 0.4) is 0 Å². The zero-order chi connectivity index (χ0) is 12.0. The summed E-state index contributed by atoms with van der Waals surface area (Å²) in [6, 6.07) is 0. The zero-order valence-corrected chi connectivity index (χ0v) is 11.3. The SMILES string of the molecule is C[C@@H]1CCC2=C1[C@@](C)(CCCO)CC2(C)C. The van der Waals surface area contributed by atoms with E-state index in [1.54, 1.807) is 11.1 Å². The predicted molar refractivity (Wildman–Crippen MR) is 68.2 cm³/mol. The molecule has 16 heavy (non-hydrogen) atoms. The molecule has 0 unspecified atom stereocenters. The Hall–Kier alpha value is -0.300. The largest absolute Gasteiger partial charge is 0.396 e. The van der Waals surface area contributed by atoms with E-state index >= 15 is 0 Å². The molecule has 0 aliphatic heterocycles. The van der Waals surface area contributed by atoms with E-state index in [1.165, 1.54) is 19.3 Å². The van der Waals surface area contributed by atoms with E-state index < -0.39 is 0 Å². The van der Waals surface area contributed by atoms with Crippen LogP contribution in [0.25, 0.3) is 0 Å². The van der Waals surface area contributed by atoms with Gasteiger partial charge >= 0.3 is 0 Å². The lowest BCUT2D eigenvalue weighted by atomic mass is 9.72. The topological polar surface area (TPSA) is 20.2 Å². The minimum Gasteiger partial charge on any atom is -0.396 e. The highest BCUT2D eigenvalue weighted by Gasteiger charge is 2.49. The fourth-order valence-corrected chi connectivity index (χ4v) is 4.47. The maximum absolute atomic E-state index is 9.06. The molecule has 0 aromatic rings. The van der Waals surface area contributed by atoms with E-state index in [1.807, 2.05) is 0 Å². The van der Waals surface area contributed by atoms with Crippen LogP contribution in [0.4, 0.5) is 0 Å². The third-order valence-electron chi connectivity index (χ3n) is 4.83. The average molecular weight is 222 g/mol. The molecule has 0 heterocycles. The van der Waals surface area contributed by atoms with Crippen LogP contribution in [0, 0.1) is 16.7 Å². The summed E-state index contributed by atoms with van der Waals surface area (Å²) in [7, 11) is 0. The van der Waals surface area contributed by atoms with Gasteiger partial charge in [-0.2, -0.15) is 0 Å². The highest BCUT2D eigenvalue weighted by molar-refractivity contribution is 5.38. The second-order valence-corrected chi connectivity index (χ2v) is 6.78. The van der Waals surface area contributed by atoms with Gasteiger partial charge in [0.15, 0.2) is 0 Å². The predicted octanol–water partition coefficient (Wildman–Crippen LogP) is 3.92. The molecule has 0 spiro atoms. The molecule has 0 amide bonds. The smallest absolute Gasteiger partial charge is 0.0431 e. The average Bonchev–Trinajstić information content (AvgIpc) is 2.65. The summed E-state index contributed by atoms with van der Waals surface area (Å²) < 4.78 is 0. The van der Waals surface area contributed by atoms with Crippen molar-refractivity contribution in [3.63, 3.8) is 0 Å². The van der Waals surface area contributed by atoms with E-state index in [9.17, 15) is 0 Å². The molecular weight excluding hydrogens is 196 g/mol. The van der Waals surface area contributed by atoms with Gasteiger partial charge in [0.2, 0.25) is 0 Å². The molecule has 92 valence electrons. The Kier molecular flexibility index (Phi) is 2.94. The van der Waals surface area contributed by atoms with Crippen LogP contribution in [0.1, 0.15) is 59.8 Å². The van der Waals surface area contributed by atoms with Gasteiger partial charge in [0.1, 0.15) is 0 Å². The second-order valence-electron chi connectivity index (χ2n) is 6.78. The van der Waals surface area contributed by atoms with E-state index in [2.05, 4.69) is 27.7 Å². The molecule has 0 saturated carbocycles. The number of allylic oxidation sites excluding steroid dienone is 2. The lowest BCUT2D eigenvalue weighted by molar-refractivity contribution is 0.213. The molecule has 0 bridgehead atoms. The van der Waals surface area contributed by atoms with Crippen LogP contribution < -0.4 is 0 Å². The summed E-state index contributed by atoms with van der Waals surface area (Å²) in [5, 5.41) is 9.06. The van der Waals surface area contributed by atoms with Crippen molar-refractivity contribution in [2.24, 2.45) is 16.7 Å². The molecule has 1 N–H and O–H groups in total. The first-order chi connectivity index (χ1) is 7.41. The summed E-state index contributed by atoms with van der Waals surface area (Å²) in [4.78, 5) is 0. The van der Waals surface area contributed by atoms with Crippen molar-refractivity contribution in [1.82, 2.24) is 0 Å². The Morgan fingerprint density at radius 2 is 2.00 bits per heavy atom. The van der Waals surface area contributed by atoms with Crippen LogP contribution >= 0.6 is 0 Å². The number of aliphatic hydroxyl groups is 1. The summed E-state index contributed by atoms with van der Waals surface area (Å²) in [5.41, 5.74) is 4.29. The van der Waals surface area contributed by atoms with Crippen LogP contribution in [-0.2, 0) is 0 Å². The van der Waals surface area contributed by atoms with Gasteiger partial charge in [-0.05, 0) is 48.9 Å². The zero-order valence-electron chi connectivity index (χ0n) is 11.3. The minimum absolute atomic E-state index is 0.340. The third-order valence-corrected chi connectivity index (χ3v) is 4.83. The highest BCUT2D eigenvalue weighted by atomic mass is 16.2. The molecule has 2 rings (SSSR count). The molecule has 2 atom stereocenters. The standard InChI is InChI=1S/C15H26O/c1-11-6-7-12-13(11)15(4,8-5-9-16)10-14(12,2)3/h11,16H,5-10H2,1-4H3/t11-,15+/m1/s1. The van der Waals surface area contributed by atoms with Crippen LogP contribution in [0.15, 0.2) is 11.1 Å². The van der Waals surface area contributed by atoms with Gasteiger partial charge in [0, 0.05) is 6.61 Å². The number of aliphatic hydroxyl groups excluding tert-OH is 1. The molecule has 2 aliphatic carbocycles. The maximum Gasteiger partial charge on any atom is 0.0431 e. The highest BCUT2D eigenvalue weighted by Crippen LogP contribution is 2.61. The van der Waals surface area contributed by atoms with Gasteiger partial charge in [0.05, 0.1) is 0 Å². The van der Waals surface area contributed by atoms with E-state index in [0.717, 1.165) is 18.8 Å². The fourth-order valence-electron chi connectivity index (χ4n) is 4.47. The third kappa shape index (κ3) is 1.73. The van der Waals surface area contributed by atoms with E-state index in [4.69, 9.17) is 5.11 Å². The monoisotopic (exact) mass is 222 g/mol. The Balaban J connectivity index is 2.30. The lowest BCUT2D eigenvalue weighted by Gasteiger charge is -2.33. The molecule has 0 saturated heterocycles. The quantitative estimate of drug-likeness (QED) is 0.718. The number of rotatable bonds is 3. The Labute approximate surface area is 99.9 Å². The van der Waals surface area contributed by atoms with Gasteiger partial charge in [0.25, 0.3) is 0 Å². The van der Waals surface area contributed by atoms with Crippen LogP contribution in [-0.4, -0.2) is 11.7 Å².